The van der Waals surface area contributed by atoms with Crippen LogP contribution in [0.25, 0.3) is 22.5 Å². The summed E-state index contributed by atoms with van der Waals surface area (Å²) in [4.78, 5) is 13.0. The van der Waals surface area contributed by atoms with Gasteiger partial charge in [0.05, 0.1) is 41.7 Å². The number of carbonyl (C=O) groups excluding carboxylic acids is 1. The predicted octanol–water partition coefficient (Wildman–Crippen LogP) is 3.35. The molecule has 0 spiro atoms. The first kappa shape index (κ1) is 22.3. The van der Waals surface area contributed by atoms with Crippen molar-refractivity contribution in [1.29, 1.82) is 0 Å². The number of aliphatic hydroxyl groups is 1. The second kappa shape index (κ2) is 9.70. The molecule has 0 unspecified atom stereocenters. The van der Waals surface area contributed by atoms with Crippen LogP contribution in [0.4, 0.5) is 13.2 Å². The molecular weight excluding hydrogens is 435 g/mol. The lowest BCUT2D eigenvalue weighted by Gasteiger charge is -2.22. The number of aromatic amines is 1. The van der Waals surface area contributed by atoms with Gasteiger partial charge in [-0.15, -0.1) is 0 Å². The highest BCUT2D eigenvalue weighted by molar-refractivity contribution is 6.01. The molecule has 170 valence electrons. The molecule has 0 saturated carbocycles. The van der Waals surface area contributed by atoms with E-state index in [4.69, 9.17) is 0 Å². The number of halogens is 3. The van der Waals surface area contributed by atoms with Crippen molar-refractivity contribution in [3.63, 3.8) is 0 Å². The molecule has 33 heavy (non-hydrogen) atoms. The summed E-state index contributed by atoms with van der Waals surface area (Å²) in [6, 6.07) is 11.7. The molecule has 10 heteroatoms. The van der Waals surface area contributed by atoms with Gasteiger partial charge in [-0.2, -0.15) is 10.2 Å². The van der Waals surface area contributed by atoms with Crippen LogP contribution in [0, 0.1) is 11.6 Å². The normalized spacial score (nSPS) is 13.0. The van der Waals surface area contributed by atoms with E-state index in [1.807, 2.05) is 0 Å². The highest BCUT2D eigenvalue weighted by atomic mass is 19.1. The molecule has 0 saturated heterocycles. The molecule has 0 aliphatic rings. The highest BCUT2D eigenvalue weighted by Gasteiger charge is 2.26. The lowest BCUT2D eigenvalue weighted by molar-refractivity contribution is 0.0850. The van der Waals surface area contributed by atoms with E-state index in [9.17, 15) is 23.1 Å². The maximum absolute atomic E-state index is 14.8. The van der Waals surface area contributed by atoms with Gasteiger partial charge in [0.15, 0.2) is 0 Å². The summed E-state index contributed by atoms with van der Waals surface area (Å²) in [5.74, 6) is -1.82. The maximum Gasteiger partial charge on any atom is 0.252 e. The molecule has 0 radical (unpaired) electrons. The number of nitrogens with zero attached hydrogens (tertiary/aromatic N) is 3. The number of alkyl halides is 1. The third-order valence-electron chi connectivity index (χ3n) is 5.12. The van der Waals surface area contributed by atoms with Crippen LogP contribution in [0.3, 0.4) is 0 Å². The molecule has 0 bridgehead atoms. The lowest BCUT2D eigenvalue weighted by Crippen LogP contribution is -2.46. The van der Waals surface area contributed by atoms with E-state index < -0.39 is 36.4 Å². The zero-order valence-electron chi connectivity index (χ0n) is 17.3. The minimum Gasteiger partial charge on any atom is -0.393 e. The first-order valence-electron chi connectivity index (χ1n) is 10.1. The smallest absolute Gasteiger partial charge is 0.252 e. The summed E-state index contributed by atoms with van der Waals surface area (Å²) in [5, 5.41) is 22.6. The average molecular weight is 455 g/mol. The minimum absolute atomic E-state index is 0.0256. The summed E-state index contributed by atoms with van der Waals surface area (Å²) in [6.07, 6.45) is 1.34. The minimum atomic E-state index is -1.76. The molecule has 2 heterocycles. The van der Waals surface area contributed by atoms with Gasteiger partial charge in [-0.05, 0) is 54.1 Å². The van der Waals surface area contributed by atoms with Gasteiger partial charge in [0, 0.05) is 12.4 Å². The van der Waals surface area contributed by atoms with Crippen molar-refractivity contribution in [2.24, 2.45) is 0 Å². The Hall–Kier alpha value is -3.92. The molecule has 2 aromatic heterocycles. The van der Waals surface area contributed by atoms with Crippen molar-refractivity contribution < 1.29 is 23.1 Å². The molecule has 2 aromatic carbocycles. The Kier molecular flexibility index (Phi) is 6.55. The van der Waals surface area contributed by atoms with Crippen LogP contribution < -0.4 is 5.32 Å². The van der Waals surface area contributed by atoms with E-state index >= 15 is 0 Å². The molecule has 0 aliphatic carbocycles. The van der Waals surface area contributed by atoms with Crippen LogP contribution in [0.1, 0.15) is 10.4 Å². The van der Waals surface area contributed by atoms with Crippen molar-refractivity contribution in [1.82, 2.24) is 25.3 Å². The van der Waals surface area contributed by atoms with Crippen LogP contribution in [0.15, 0.2) is 67.0 Å². The Bertz CT molecular complexity index is 1230. The van der Waals surface area contributed by atoms with Crippen molar-refractivity contribution in [2.45, 2.75) is 18.8 Å². The molecule has 3 N–H and O–H groups in total. The third-order valence-corrected chi connectivity index (χ3v) is 5.12. The van der Waals surface area contributed by atoms with E-state index in [0.29, 0.717) is 11.3 Å². The second-order valence-corrected chi connectivity index (χ2v) is 7.34. The molecule has 4 rings (SSSR count). The summed E-state index contributed by atoms with van der Waals surface area (Å²) < 4.78 is 43.8. The van der Waals surface area contributed by atoms with Crippen LogP contribution in [-0.4, -0.2) is 49.8 Å². The summed E-state index contributed by atoms with van der Waals surface area (Å²) in [6.45, 7) is -0.829. The van der Waals surface area contributed by atoms with E-state index in [1.54, 1.807) is 12.3 Å². The molecule has 0 fully saturated rings. The fourth-order valence-electron chi connectivity index (χ4n) is 3.43. The number of hydrogen-bond acceptors (Lipinski definition) is 4. The first-order valence-corrected chi connectivity index (χ1v) is 10.1. The van der Waals surface area contributed by atoms with Gasteiger partial charge < -0.3 is 10.4 Å². The number of amides is 1. The topological polar surface area (TPSA) is 95.8 Å². The molecule has 1 amide bonds. The van der Waals surface area contributed by atoms with E-state index in [0.717, 1.165) is 0 Å². The molecule has 2 atom stereocenters. The van der Waals surface area contributed by atoms with Crippen LogP contribution in [0.5, 0.6) is 0 Å². The zero-order chi connectivity index (χ0) is 23.4. The number of H-pyrrole nitrogens is 1. The Morgan fingerprint density at radius 3 is 2.64 bits per heavy atom. The second-order valence-electron chi connectivity index (χ2n) is 7.34. The van der Waals surface area contributed by atoms with Crippen molar-refractivity contribution in [3.05, 3.63) is 84.2 Å². The van der Waals surface area contributed by atoms with Crippen LogP contribution in [0.2, 0.25) is 0 Å². The Balaban J connectivity index is 1.63. The van der Waals surface area contributed by atoms with Crippen LogP contribution in [-0.2, 0) is 6.54 Å². The first-order chi connectivity index (χ1) is 16.0. The largest absolute Gasteiger partial charge is 0.393 e. The molecule has 0 aliphatic heterocycles. The van der Waals surface area contributed by atoms with Gasteiger partial charge in [0.1, 0.15) is 17.8 Å². The Morgan fingerprint density at radius 1 is 1.15 bits per heavy atom. The van der Waals surface area contributed by atoms with Gasteiger partial charge in [0.25, 0.3) is 5.91 Å². The van der Waals surface area contributed by atoms with E-state index in [-0.39, 0.29) is 23.4 Å². The average Bonchev–Trinajstić information content (AvgIpc) is 3.51. The van der Waals surface area contributed by atoms with Crippen molar-refractivity contribution in [2.75, 3.05) is 6.61 Å². The lowest BCUT2D eigenvalue weighted by atomic mass is 10.0. The number of nitrogens with one attached hydrogen (secondary N) is 2. The van der Waals surface area contributed by atoms with Gasteiger partial charge >= 0.3 is 0 Å². The monoisotopic (exact) mass is 455 g/mol. The van der Waals surface area contributed by atoms with Gasteiger partial charge in [0.2, 0.25) is 0 Å². The fraction of sp³-hybridized carbons (Fsp3) is 0.174. The maximum atomic E-state index is 14.8. The predicted molar refractivity (Wildman–Crippen MR) is 115 cm³/mol. The van der Waals surface area contributed by atoms with Crippen molar-refractivity contribution in [3.8, 4) is 22.5 Å². The summed E-state index contributed by atoms with van der Waals surface area (Å²) >= 11 is 0. The zero-order valence-corrected chi connectivity index (χ0v) is 17.3. The standard InChI is InChI=1S/C23H20F3N5O2/c24-15-7-5-14(6-8-15)19-11-20(30-29-19)22-16(3-1-4-17(22)25)23(33)28-21(18(26)13-32)12-31-10-2-9-27-31/h1-11,18,21,32H,12-13H2,(H,28,33)(H,29,30)/t18-,21+/m0/s1. The molecule has 7 nitrogen and oxygen atoms in total. The highest BCUT2D eigenvalue weighted by Crippen LogP contribution is 2.29. The van der Waals surface area contributed by atoms with E-state index in [1.165, 1.54) is 59.4 Å². The molecular formula is C23H20F3N5O2. The van der Waals surface area contributed by atoms with Gasteiger partial charge in [-0.1, -0.05) is 6.07 Å². The Morgan fingerprint density at radius 2 is 1.94 bits per heavy atom. The quantitative estimate of drug-likeness (QED) is 0.380. The van der Waals surface area contributed by atoms with E-state index in [2.05, 4.69) is 20.6 Å². The number of aromatic nitrogens is 4. The number of hydrogen-bond donors (Lipinski definition) is 3. The van der Waals surface area contributed by atoms with Crippen molar-refractivity contribution >= 4 is 5.91 Å². The van der Waals surface area contributed by atoms with Gasteiger partial charge in [-0.3, -0.25) is 14.6 Å². The summed E-state index contributed by atoms with van der Waals surface area (Å²) in [7, 11) is 0. The van der Waals surface area contributed by atoms with Gasteiger partial charge in [-0.25, -0.2) is 13.2 Å². The Labute approximate surface area is 186 Å². The molecule has 4 aromatic rings. The SMILES string of the molecule is O=C(N[C@H](Cn1cccn1)[C@@H](F)CO)c1cccc(F)c1-c1cc(-c2ccc(F)cc2)[nH]n1. The number of carbonyl (C=O) groups is 1. The number of rotatable bonds is 8. The number of aliphatic hydroxyl groups excluding tert-OH is 1. The third kappa shape index (κ3) is 4.96. The summed E-state index contributed by atoms with van der Waals surface area (Å²) in [5.41, 5.74) is 1.15. The van der Waals surface area contributed by atoms with Crippen LogP contribution >= 0.6 is 0 Å². The number of benzene rings is 2. The fourth-order valence-corrected chi connectivity index (χ4v) is 3.43.